The molecule has 30 heavy (non-hydrogen) atoms. The number of para-hydroxylation sites is 3. The Labute approximate surface area is 178 Å². The van der Waals surface area contributed by atoms with E-state index in [0.717, 1.165) is 22.7 Å². The molecule has 7 nitrogen and oxygen atoms in total. The van der Waals surface area contributed by atoms with Gasteiger partial charge in [0.05, 0.1) is 34.2 Å². The summed E-state index contributed by atoms with van der Waals surface area (Å²) in [6.07, 6.45) is 0. The lowest BCUT2D eigenvalue weighted by molar-refractivity contribution is -0.128. The predicted octanol–water partition coefficient (Wildman–Crippen LogP) is 3.43. The van der Waals surface area contributed by atoms with Crippen molar-refractivity contribution in [2.45, 2.75) is 32.1 Å². The first kappa shape index (κ1) is 20.2. The predicted molar refractivity (Wildman–Crippen MR) is 120 cm³/mol. The summed E-state index contributed by atoms with van der Waals surface area (Å²) in [6.45, 7) is 5.57. The lowest BCUT2D eigenvalue weighted by atomic mass is 10.2. The van der Waals surface area contributed by atoms with Gasteiger partial charge in [-0.1, -0.05) is 36.0 Å². The Morgan fingerprint density at radius 3 is 2.57 bits per heavy atom. The van der Waals surface area contributed by atoms with Crippen LogP contribution in [0.2, 0.25) is 0 Å². The molecule has 4 aromatic rings. The van der Waals surface area contributed by atoms with Crippen molar-refractivity contribution < 1.29 is 4.79 Å². The van der Waals surface area contributed by atoms with Crippen molar-refractivity contribution in [3.8, 4) is 0 Å². The van der Waals surface area contributed by atoms with Gasteiger partial charge in [0.25, 0.3) is 5.56 Å². The third-order valence-electron chi connectivity index (χ3n) is 5.00. The van der Waals surface area contributed by atoms with E-state index in [0.29, 0.717) is 23.3 Å². The van der Waals surface area contributed by atoms with Gasteiger partial charge in [-0.2, -0.15) is 0 Å². The van der Waals surface area contributed by atoms with E-state index >= 15 is 0 Å². The number of carbonyl (C=O) groups is 1. The lowest BCUT2D eigenvalue weighted by Crippen LogP contribution is -2.33. The zero-order valence-corrected chi connectivity index (χ0v) is 17.8. The summed E-state index contributed by atoms with van der Waals surface area (Å²) >= 11 is 1.43. The zero-order valence-electron chi connectivity index (χ0n) is 17.0. The van der Waals surface area contributed by atoms with E-state index < -0.39 is 0 Å². The Morgan fingerprint density at radius 2 is 1.80 bits per heavy atom. The topological polar surface area (TPSA) is 83.9 Å². The van der Waals surface area contributed by atoms with Crippen LogP contribution in [0.25, 0.3) is 21.9 Å². The molecule has 0 aliphatic heterocycles. The highest BCUT2D eigenvalue weighted by molar-refractivity contribution is 7.99. The van der Waals surface area contributed by atoms with Crippen molar-refractivity contribution in [2.75, 3.05) is 12.3 Å². The number of aromatic amines is 1. The molecule has 0 spiro atoms. The molecule has 0 fully saturated rings. The quantitative estimate of drug-likeness (QED) is 0.462. The number of aromatic nitrogens is 4. The Balaban J connectivity index is 1.49. The van der Waals surface area contributed by atoms with Gasteiger partial charge in [0.1, 0.15) is 5.82 Å². The average Bonchev–Trinajstić information content (AvgIpc) is 3.13. The molecule has 2 heterocycles. The summed E-state index contributed by atoms with van der Waals surface area (Å²) in [5.74, 6) is 0.738. The maximum absolute atomic E-state index is 12.9. The molecule has 0 radical (unpaired) electrons. The SMILES string of the molecule is CCN(Cc1nc2ccccc2c(=O)[nH]1)C(=O)CSc1nc2ccccc2n1CC. The van der Waals surface area contributed by atoms with Gasteiger partial charge in [0.15, 0.2) is 5.16 Å². The molecule has 0 saturated heterocycles. The number of hydrogen-bond donors (Lipinski definition) is 1. The van der Waals surface area contributed by atoms with Gasteiger partial charge < -0.3 is 14.5 Å². The minimum Gasteiger partial charge on any atom is -0.335 e. The minimum atomic E-state index is -0.190. The van der Waals surface area contributed by atoms with E-state index in [9.17, 15) is 9.59 Å². The Hall–Kier alpha value is -3.13. The molecular weight excluding hydrogens is 398 g/mol. The molecule has 0 bridgehead atoms. The van der Waals surface area contributed by atoms with Crippen molar-refractivity contribution in [1.82, 2.24) is 24.4 Å². The number of H-pyrrole nitrogens is 1. The average molecular weight is 422 g/mol. The molecule has 2 aromatic heterocycles. The van der Waals surface area contributed by atoms with Crippen molar-refractivity contribution in [1.29, 1.82) is 0 Å². The van der Waals surface area contributed by atoms with Crippen LogP contribution in [0.15, 0.2) is 58.5 Å². The zero-order chi connectivity index (χ0) is 21.1. The van der Waals surface area contributed by atoms with Crippen LogP contribution in [0.1, 0.15) is 19.7 Å². The number of nitrogens with one attached hydrogen (secondary N) is 1. The molecule has 0 aliphatic rings. The van der Waals surface area contributed by atoms with Crippen LogP contribution in [-0.4, -0.2) is 42.6 Å². The fraction of sp³-hybridized carbons (Fsp3) is 0.273. The van der Waals surface area contributed by atoms with Gasteiger partial charge in [-0.15, -0.1) is 0 Å². The fourth-order valence-corrected chi connectivity index (χ4v) is 4.43. The van der Waals surface area contributed by atoms with Crippen LogP contribution in [0.5, 0.6) is 0 Å². The fourth-order valence-electron chi connectivity index (χ4n) is 3.45. The number of imidazole rings is 1. The van der Waals surface area contributed by atoms with Gasteiger partial charge in [-0.05, 0) is 38.1 Å². The number of aryl methyl sites for hydroxylation is 1. The molecule has 0 aliphatic carbocycles. The number of carbonyl (C=O) groups excluding carboxylic acids is 1. The molecule has 0 unspecified atom stereocenters. The smallest absolute Gasteiger partial charge is 0.258 e. The molecule has 0 atom stereocenters. The van der Waals surface area contributed by atoms with Crippen molar-refractivity contribution in [3.63, 3.8) is 0 Å². The highest BCUT2D eigenvalue weighted by atomic mass is 32.2. The standard InChI is InChI=1S/C22H23N5O2S/c1-3-26(13-19-23-16-10-6-5-9-15(16)21(29)25-19)20(28)14-30-22-24-17-11-7-8-12-18(17)27(22)4-2/h5-12H,3-4,13-14H2,1-2H3,(H,23,25,29). The van der Waals surface area contributed by atoms with Crippen molar-refractivity contribution in [2.24, 2.45) is 0 Å². The number of fused-ring (bicyclic) bond motifs is 2. The summed E-state index contributed by atoms with van der Waals surface area (Å²) in [5.41, 5.74) is 2.44. The molecule has 4 rings (SSSR count). The number of nitrogens with zero attached hydrogens (tertiary/aromatic N) is 4. The molecule has 1 N–H and O–H groups in total. The number of hydrogen-bond acceptors (Lipinski definition) is 5. The first-order valence-corrected chi connectivity index (χ1v) is 10.9. The monoisotopic (exact) mass is 421 g/mol. The highest BCUT2D eigenvalue weighted by Gasteiger charge is 2.17. The number of thioether (sulfide) groups is 1. The second-order valence-corrected chi connectivity index (χ2v) is 7.80. The largest absolute Gasteiger partial charge is 0.335 e. The molecule has 1 amide bonds. The Kier molecular flexibility index (Phi) is 5.85. The molecule has 2 aromatic carbocycles. The highest BCUT2D eigenvalue weighted by Crippen LogP contribution is 2.24. The van der Waals surface area contributed by atoms with Crippen LogP contribution in [-0.2, 0) is 17.9 Å². The second kappa shape index (κ2) is 8.71. The van der Waals surface area contributed by atoms with Gasteiger partial charge in [0.2, 0.25) is 5.91 Å². The first-order valence-electron chi connectivity index (χ1n) is 9.94. The maximum Gasteiger partial charge on any atom is 0.258 e. The Bertz CT molecular complexity index is 1260. The Morgan fingerprint density at radius 1 is 1.07 bits per heavy atom. The van der Waals surface area contributed by atoms with Crippen LogP contribution >= 0.6 is 11.8 Å². The lowest BCUT2D eigenvalue weighted by Gasteiger charge is -2.20. The van der Waals surface area contributed by atoms with Crippen molar-refractivity contribution >= 4 is 39.6 Å². The van der Waals surface area contributed by atoms with Gasteiger partial charge in [-0.3, -0.25) is 9.59 Å². The summed E-state index contributed by atoms with van der Waals surface area (Å²) in [5, 5.41) is 1.38. The molecule has 0 saturated carbocycles. The van der Waals surface area contributed by atoms with Crippen LogP contribution in [0, 0.1) is 0 Å². The van der Waals surface area contributed by atoms with Crippen molar-refractivity contribution in [3.05, 3.63) is 64.7 Å². The van der Waals surface area contributed by atoms with E-state index in [1.54, 1.807) is 17.0 Å². The van der Waals surface area contributed by atoms with E-state index in [2.05, 4.69) is 26.4 Å². The number of rotatable bonds is 7. The third-order valence-corrected chi connectivity index (χ3v) is 5.96. The van der Waals surface area contributed by atoms with Crippen LogP contribution < -0.4 is 5.56 Å². The minimum absolute atomic E-state index is 0.0204. The number of benzene rings is 2. The molecular formula is C22H23N5O2S. The van der Waals surface area contributed by atoms with Crippen LogP contribution in [0.3, 0.4) is 0 Å². The van der Waals surface area contributed by atoms with E-state index in [-0.39, 0.29) is 23.8 Å². The van der Waals surface area contributed by atoms with E-state index in [1.807, 2.05) is 43.3 Å². The van der Waals surface area contributed by atoms with Gasteiger partial charge >= 0.3 is 0 Å². The normalized spacial score (nSPS) is 11.3. The second-order valence-electron chi connectivity index (χ2n) is 6.85. The summed E-state index contributed by atoms with van der Waals surface area (Å²) < 4.78 is 2.12. The van der Waals surface area contributed by atoms with Gasteiger partial charge in [-0.25, -0.2) is 9.97 Å². The third kappa shape index (κ3) is 3.95. The molecule has 154 valence electrons. The first-order chi connectivity index (χ1) is 14.6. The van der Waals surface area contributed by atoms with Gasteiger partial charge in [0, 0.05) is 13.1 Å². The number of amides is 1. The molecule has 8 heteroatoms. The van der Waals surface area contributed by atoms with Crippen LogP contribution in [0.4, 0.5) is 0 Å². The summed E-state index contributed by atoms with van der Waals surface area (Å²) in [7, 11) is 0. The van der Waals surface area contributed by atoms with E-state index in [4.69, 9.17) is 0 Å². The summed E-state index contributed by atoms with van der Waals surface area (Å²) in [6, 6.07) is 15.2. The summed E-state index contributed by atoms with van der Waals surface area (Å²) in [4.78, 5) is 38.8. The van der Waals surface area contributed by atoms with E-state index in [1.165, 1.54) is 11.8 Å². The maximum atomic E-state index is 12.9.